The Labute approximate surface area is 233 Å². The van der Waals surface area contributed by atoms with Crippen molar-refractivity contribution in [3.8, 4) is 0 Å². The minimum atomic E-state index is -0.965. The van der Waals surface area contributed by atoms with Crippen LogP contribution >= 0.6 is 11.8 Å². The van der Waals surface area contributed by atoms with Crippen LogP contribution in [0.25, 0.3) is 0 Å². The van der Waals surface area contributed by atoms with Crippen molar-refractivity contribution in [2.75, 3.05) is 5.75 Å². The summed E-state index contributed by atoms with van der Waals surface area (Å²) < 4.78 is 5.48. The number of esters is 1. The Morgan fingerprint density at radius 1 is 0.744 bits per heavy atom. The first-order valence-electron chi connectivity index (χ1n) is 12.9. The van der Waals surface area contributed by atoms with Gasteiger partial charge in [0.05, 0.1) is 0 Å². The highest BCUT2D eigenvalue weighted by molar-refractivity contribution is 8.13. The Hall–Kier alpha value is -3.91. The standard InChI is InChI=1S/C31H34N2O5S/c1-23(34)39-20-19-27(31(37)38-22-26-15-9-4-10-16-26)33-30(36)28(21-25-13-7-3-8-14-25)32-29(35)18-17-24-11-5-2-6-12-24/h2-16,27-28H,17-22H2,1H3,(H,32,35)(H,33,36)/t27-,28+/m1/s1. The second-order valence-electron chi connectivity index (χ2n) is 9.08. The summed E-state index contributed by atoms with van der Waals surface area (Å²) in [6.45, 7) is 1.52. The van der Waals surface area contributed by atoms with Crippen LogP contribution in [0.2, 0.25) is 0 Å². The molecule has 3 rings (SSSR count). The minimum Gasteiger partial charge on any atom is -0.459 e. The third-order valence-electron chi connectivity index (χ3n) is 5.95. The fraction of sp³-hybridized carbons (Fsp3) is 0.290. The number of thioether (sulfide) groups is 1. The highest BCUT2D eigenvalue weighted by Crippen LogP contribution is 2.11. The quantitative estimate of drug-likeness (QED) is 0.293. The van der Waals surface area contributed by atoms with Gasteiger partial charge in [-0.15, -0.1) is 0 Å². The SMILES string of the molecule is CC(=O)SCC[C@@H](NC(=O)[C@H](Cc1ccccc1)NC(=O)CCc1ccccc1)C(=O)OCc1ccccc1. The summed E-state index contributed by atoms with van der Waals surface area (Å²) in [6, 6.07) is 26.4. The average Bonchev–Trinajstić information content (AvgIpc) is 2.95. The van der Waals surface area contributed by atoms with E-state index in [0.29, 0.717) is 12.2 Å². The van der Waals surface area contributed by atoms with Crippen LogP contribution in [0.15, 0.2) is 91.0 Å². The molecule has 39 heavy (non-hydrogen) atoms. The molecule has 0 spiro atoms. The van der Waals surface area contributed by atoms with E-state index in [1.165, 1.54) is 6.92 Å². The van der Waals surface area contributed by atoms with Crippen LogP contribution in [0.4, 0.5) is 0 Å². The predicted molar refractivity (Wildman–Crippen MR) is 153 cm³/mol. The molecular weight excluding hydrogens is 512 g/mol. The van der Waals surface area contributed by atoms with Crippen molar-refractivity contribution in [2.45, 2.75) is 51.3 Å². The molecule has 3 aromatic rings. The summed E-state index contributed by atoms with van der Waals surface area (Å²) in [7, 11) is 0. The number of hydrogen-bond acceptors (Lipinski definition) is 6. The van der Waals surface area contributed by atoms with Crippen LogP contribution in [0, 0.1) is 0 Å². The lowest BCUT2D eigenvalue weighted by Gasteiger charge is -2.23. The Bertz CT molecular complexity index is 1210. The van der Waals surface area contributed by atoms with Crippen molar-refractivity contribution in [1.82, 2.24) is 10.6 Å². The summed E-state index contributed by atoms with van der Waals surface area (Å²) in [5, 5.41) is 5.54. The molecular formula is C31H34N2O5S. The van der Waals surface area contributed by atoms with Crippen molar-refractivity contribution in [2.24, 2.45) is 0 Å². The fourth-order valence-corrected chi connectivity index (χ4v) is 4.54. The maximum atomic E-state index is 13.4. The van der Waals surface area contributed by atoms with E-state index in [4.69, 9.17) is 4.74 Å². The monoisotopic (exact) mass is 546 g/mol. The number of amides is 2. The van der Waals surface area contributed by atoms with Crippen molar-refractivity contribution in [1.29, 1.82) is 0 Å². The second-order valence-corrected chi connectivity index (χ2v) is 10.4. The third-order valence-corrected chi connectivity index (χ3v) is 6.80. The molecule has 2 atom stereocenters. The van der Waals surface area contributed by atoms with E-state index < -0.39 is 24.0 Å². The molecule has 0 bridgehead atoms. The van der Waals surface area contributed by atoms with Crippen LogP contribution in [0.3, 0.4) is 0 Å². The van der Waals surface area contributed by atoms with Gasteiger partial charge in [-0.1, -0.05) is 103 Å². The lowest BCUT2D eigenvalue weighted by Crippen LogP contribution is -2.53. The van der Waals surface area contributed by atoms with E-state index >= 15 is 0 Å². The molecule has 2 N–H and O–H groups in total. The van der Waals surface area contributed by atoms with E-state index in [-0.39, 0.29) is 36.9 Å². The number of ether oxygens (including phenoxy) is 1. The normalized spacial score (nSPS) is 12.1. The van der Waals surface area contributed by atoms with Crippen LogP contribution in [-0.2, 0) is 43.4 Å². The number of carbonyl (C=O) groups is 4. The Morgan fingerprint density at radius 2 is 1.31 bits per heavy atom. The molecule has 204 valence electrons. The molecule has 7 nitrogen and oxygen atoms in total. The van der Waals surface area contributed by atoms with Gasteiger partial charge in [-0.25, -0.2) is 4.79 Å². The molecule has 2 amide bonds. The molecule has 3 aromatic carbocycles. The molecule has 0 aliphatic carbocycles. The largest absolute Gasteiger partial charge is 0.459 e. The van der Waals surface area contributed by atoms with Crippen LogP contribution in [0.5, 0.6) is 0 Å². The summed E-state index contributed by atoms with van der Waals surface area (Å²) in [4.78, 5) is 50.7. The topological polar surface area (TPSA) is 102 Å². The van der Waals surface area contributed by atoms with Gasteiger partial charge in [0, 0.05) is 25.5 Å². The maximum Gasteiger partial charge on any atom is 0.329 e. The second kappa shape index (κ2) is 16.1. The van der Waals surface area contributed by atoms with Gasteiger partial charge >= 0.3 is 5.97 Å². The summed E-state index contributed by atoms with van der Waals surface area (Å²) >= 11 is 1.08. The number of aryl methyl sites for hydroxylation is 1. The first kappa shape index (κ1) is 29.6. The molecule has 0 unspecified atom stereocenters. The molecule has 8 heteroatoms. The van der Waals surface area contributed by atoms with Gasteiger partial charge in [0.2, 0.25) is 11.8 Å². The molecule has 0 radical (unpaired) electrons. The van der Waals surface area contributed by atoms with E-state index in [1.807, 2.05) is 91.0 Å². The average molecular weight is 547 g/mol. The first-order chi connectivity index (χ1) is 18.9. The zero-order valence-corrected chi connectivity index (χ0v) is 22.8. The minimum absolute atomic E-state index is 0.0650. The lowest BCUT2D eigenvalue weighted by atomic mass is 10.0. The van der Waals surface area contributed by atoms with Gasteiger partial charge < -0.3 is 15.4 Å². The van der Waals surface area contributed by atoms with Crippen molar-refractivity contribution >= 4 is 34.7 Å². The zero-order chi connectivity index (χ0) is 27.9. The number of rotatable bonds is 14. The van der Waals surface area contributed by atoms with E-state index in [1.54, 1.807) is 0 Å². The van der Waals surface area contributed by atoms with Crippen molar-refractivity contribution in [3.05, 3.63) is 108 Å². The molecule has 0 aliphatic rings. The highest BCUT2D eigenvalue weighted by atomic mass is 32.2. The fourth-order valence-electron chi connectivity index (χ4n) is 3.90. The van der Waals surface area contributed by atoms with Crippen LogP contribution < -0.4 is 10.6 Å². The van der Waals surface area contributed by atoms with Gasteiger partial charge in [-0.05, 0) is 29.5 Å². The van der Waals surface area contributed by atoms with Gasteiger partial charge in [-0.3, -0.25) is 14.4 Å². The molecule has 0 fully saturated rings. The smallest absolute Gasteiger partial charge is 0.329 e. The number of nitrogens with one attached hydrogen (secondary N) is 2. The lowest BCUT2D eigenvalue weighted by molar-refractivity contribution is -0.149. The van der Waals surface area contributed by atoms with E-state index in [9.17, 15) is 19.2 Å². The van der Waals surface area contributed by atoms with Crippen molar-refractivity contribution < 1.29 is 23.9 Å². The van der Waals surface area contributed by atoms with Gasteiger partial charge in [-0.2, -0.15) is 0 Å². The van der Waals surface area contributed by atoms with Crippen LogP contribution in [0.1, 0.15) is 36.5 Å². The molecule has 0 saturated heterocycles. The van der Waals surface area contributed by atoms with Gasteiger partial charge in [0.1, 0.15) is 18.7 Å². The molecule has 0 saturated carbocycles. The van der Waals surface area contributed by atoms with E-state index in [0.717, 1.165) is 28.5 Å². The molecule has 0 heterocycles. The number of benzene rings is 3. The van der Waals surface area contributed by atoms with Gasteiger partial charge in [0.25, 0.3) is 0 Å². The first-order valence-corrected chi connectivity index (χ1v) is 13.9. The third kappa shape index (κ3) is 11.2. The Kier molecular flexibility index (Phi) is 12.3. The summed E-state index contributed by atoms with van der Waals surface area (Å²) in [5.74, 6) is -0.995. The number of carbonyl (C=O) groups excluding carboxylic acids is 4. The summed E-state index contributed by atoms with van der Waals surface area (Å²) in [5.41, 5.74) is 2.72. The van der Waals surface area contributed by atoms with Gasteiger partial charge in [0.15, 0.2) is 5.12 Å². The van der Waals surface area contributed by atoms with Crippen molar-refractivity contribution in [3.63, 3.8) is 0 Å². The molecule has 0 aliphatic heterocycles. The Balaban J connectivity index is 1.68. The zero-order valence-electron chi connectivity index (χ0n) is 22.0. The van der Waals surface area contributed by atoms with Crippen LogP contribution in [-0.4, -0.2) is 40.7 Å². The maximum absolute atomic E-state index is 13.4. The molecule has 0 aromatic heterocycles. The highest BCUT2D eigenvalue weighted by Gasteiger charge is 2.28. The summed E-state index contributed by atoms with van der Waals surface area (Å²) in [6.07, 6.45) is 1.24. The van der Waals surface area contributed by atoms with E-state index in [2.05, 4.69) is 10.6 Å². The predicted octanol–water partition coefficient (Wildman–Crippen LogP) is 4.24. The number of hydrogen-bond donors (Lipinski definition) is 2. The Morgan fingerprint density at radius 3 is 1.90 bits per heavy atom.